The highest BCUT2D eigenvalue weighted by Gasteiger charge is 1.98. The van der Waals surface area contributed by atoms with Crippen LogP contribution >= 0.6 is 22.6 Å². The molecule has 0 spiro atoms. The predicted molar refractivity (Wildman–Crippen MR) is 72.3 cm³/mol. The van der Waals surface area contributed by atoms with Gasteiger partial charge in [-0.25, -0.2) is 10.8 Å². The number of hydrazine groups is 1. The van der Waals surface area contributed by atoms with Crippen molar-refractivity contribution in [1.29, 1.82) is 0 Å². The second-order valence-corrected chi connectivity index (χ2v) is 4.31. The molecule has 0 amide bonds. The molecule has 4 N–H and O–H groups in total. The number of hydrogen-bond donors (Lipinski definition) is 3. The van der Waals surface area contributed by atoms with Crippen LogP contribution in [0.2, 0.25) is 0 Å². The van der Waals surface area contributed by atoms with E-state index in [1.54, 1.807) is 12.4 Å². The monoisotopic (exact) mass is 327 g/mol. The molecule has 2 rings (SSSR count). The van der Waals surface area contributed by atoms with E-state index in [0.717, 1.165) is 9.26 Å². The summed E-state index contributed by atoms with van der Waals surface area (Å²) in [6.07, 6.45) is 3.20. The minimum Gasteiger partial charge on any atom is -0.339 e. The van der Waals surface area contributed by atoms with E-state index < -0.39 is 0 Å². The zero-order chi connectivity index (χ0) is 11.4. The summed E-state index contributed by atoms with van der Waals surface area (Å²) in [4.78, 5) is 8.21. The van der Waals surface area contributed by atoms with E-state index in [0.29, 0.717) is 11.6 Å². The molecule has 0 atom stereocenters. The van der Waals surface area contributed by atoms with E-state index in [-0.39, 0.29) is 0 Å². The molecule has 1 aromatic heterocycles. The largest absolute Gasteiger partial charge is 0.339 e. The first kappa shape index (κ1) is 11.1. The predicted octanol–water partition coefficient (Wildman–Crippen LogP) is 2.11. The minimum absolute atomic E-state index is 0.524. The first-order valence-corrected chi connectivity index (χ1v) is 5.67. The average Bonchev–Trinajstić information content (AvgIpc) is 2.29. The van der Waals surface area contributed by atoms with Gasteiger partial charge in [0.15, 0.2) is 11.6 Å². The van der Waals surface area contributed by atoms with Crippen molar-refractivity contribution in [3.05, 3.63) is 40.2 Å². The summed E-state index contributed by atoms with van der Waals surface area (Å²) in [7, 11) is 0. The van der Waals surface area contributed by atoms with Crippen LogP contribution in [0.5, 0.6) is 0 Å². The first-order chi connectivity index (χ1) is 7.78. The van der Waals surface area contributed by atoms with Crippen molar-refractivity contribution in [3.63, 3.8) is 0 Å². The number of hydrogen-bond acceptors (Lipinski definition) is 5. The standard InChI is InChI=1S/C10H10IN5/c11-7-2-1-3-8(4-7)14-9-5-13-6-10(15-9)16-12/h1-6H,12H2,(H2,14,15,16). The second kappa shape index (κ2) is 5.08. The number of halogens is 1. The van der Waals surface area contributed by atoms with Crippen LogP contribution in [-0.2, 0) is 0 Å². The van der Waals surface area contributed by atoms with Crippen molar-refractivity contribution in [3.8, 4) is 0 Å². The lowest BCUT2D eigenvalue weighted by atomic mass is 10.3. The third kappa shape index (κ3) is 2.80. The van der Waals surface area contributed by atoms with Crippen molar-refractivity contribution in [2.45, 2.75) is 0 Å². The molecule has 16 heavy (non-hydrogen) atoms. The molecule has 0 aliphatic rings. The molecule has 1 aromatic carbocycles. The molecule has 6 heteroatoms. The van der Waals surface area contributed by atoms with E-state index in [4.69, 9.17) is 5.84 Å². The number of nitrogens with zero attached hydrogens (tertiary/aromatic N) is 2. The summed E-state index contributed by atoms with van der Waals surface area (Å²) in [5.74, 6) is 6.43. The van der Waals surface area contributed by atoms with Crippen molar-refractivity contribution < 1.29 is 0 Å². The number of nitrogen functional groups attached to an aromatic ring is 1. The Morgan fingerprint density at radius 3 is 2.75 bits per heavy atom. The highest BCUT2D eigenvalue weighted by Crippen LogP contribution is 2.17. The van der Waals surface area contributed by atoms with Crippen LogP contribution in [0.15, 0.2) is 36.7 Å². The number of anilines is 3. The van der Waals surface area contributed by atoms with Gasteiger partial charge in [0.1, 0.15) is 0 Å². The van der Waals surface area contributed by atoms with Crippen LogP contribution in [-0.4, -0.2) is 9.97 Å². The highest BCUT2D eigenvalue weighted by atomic mass is 127. The third-order valence-corrected chi connectivity index (χ3v) is 2.55. The average molecular weight is 327 g/mol. The molecular weight excluding hydrogens is 317 g/mol. The molecule has 82 valence electrons. The molecule has 0 bridgehead atoms. The van der Waals surface area contributed by atoms with Gasteiger partial charge >= 0.3 is 0 Å². The number of aromatic nitrogens is 2. The van der Waals surface area contributed by atoms with Crippen LogP contribution in [0.4, 0.5) is 17.3 Å². The van der Waals surface area contributed by atoms with E-state index in [1.165, 1.54) is 0 Å². The molecule has 0 saturated carbocycles. The maximum atomic E-state index is 5.25. The normalized spacial score (nSPS) is 9.88. The zero-order valence-electron chi connectivity index (χ0n) is 8.31. The first-order valence-electron chi connectivity index (χ1n) is 4.59. The summed E-state index contributed by atoms with van der Waals surface area (Å²) < 4.78 is 1.16. The fourth-order valence-electron chi connectivity index (χ4n) is 1.21. The summed E-state index contributed by atoms with van der Waals surface area (Å²) >= 11 is 2.25. The van der Waals surface area contributed by atoms with Crippen LogP contribution in [0.3, 0.4) is 0 Å². The third-order valence-electron chi connectivity index (χ3n) is 1.88. The number of nitrogens with two attached hydrogens (primary N) is 1. The van der Waals surface area contributed by atoms with Crippen molar-refractivity contribution >= 4 is 39.9 Å². The number of benzene rings is 1. The Bertz CT molecular complexity index is 488. The Kier molecular flexibility index (Phi) is 3.52. The van der Waals surface area contributed by atoms with Gasteiger partial charge in [0.25, 0.3) is 0 Å². The van der Waals surface area contributed by atoms with Gasteiger partial charge in [-0.1, -0.05) is 6.07 Å². The Morgan fingerprint density at radius 2 is 2.00 bits per heavy atom. The molecule has 0 aliphatic carbocycles. The molecule has 0 fully saturated rings. The molecule has 2 aromatic rings. The Hall–Kier alpha value is -1.41. The summed E-state index contributed by atoms with van der Waals surface area (Å²) in [5, 5.41) is 3.15. The fraction of sp³-hybridized carbons (Fsp3) is 0. The highest BCUT2D eigenvalue weighted by molar-refractivity contribution is 14.1. The lowest BCUT2D eigenvalue weighted by Gasteiger charge is -2.06. The van der Waals surface area contributed by atoms with E-state index in [2.05, 4.69) is 43.3 Å². The SMILES string of the molecule is NNc1cncc(Nc2cccc(I)c2)n1. The Morgan fingerprint density at radius 1 is 1.19 bits per heavy atom. The van der Waals surface area contributed by atoms with Gasteiger partial charge in [-0.15, -0.1) is 0 Å². The molecule has 5 nitrogen and oxygen atoms in total. The maximum absolute atomic E-state index is 5.25. The van der Waals surface area contributed by atoms with Crippen molar-refractivity contribution in [2.75, 3.05) is 10.7 Å². The van der Waals surface area contributed by atoms with Gasteiger partial charge < -0.3 is 10.7 Å². The van der Waals surface area contributed by atoms with Gasteiger partial charge in [0.05, 0.1) is 12.4 Å². The Labute approximate surface area is 107 Å². The minimum atomic E-state index is 0.524. The van der Waals surface area contributed by atoms with Crippen molar-refractivity contribution in [2.24, 2.45) is 5.84 Å². The number of nitrogens with one attached hydrogen (secondary N) is 2. The van der Waals surface area contributed by atoms with Crippen LogP contribution in [0.1, 0.15) is 0 Å². The summed E-state index contributed by atoms with van der Waals surface area (Å²) in [5.41, 5.74) is 3.42. The molecule has 1 heterocycles. The summed E-state index contributed by atoms with van der Waals surface area (Å²) in [6, 6.07) is 7.98. The van der Waals surface area contributed by atoms with Gasteiger partial charge in [0.2, 0.25) is 0 Å². The fourth-order valence-corrected chi connectivity index (χ4v) is 1.75. The summed E-state index contributed by atoms with van der Waals surface area (Å²) in [6.45, 7) is 0. The molecule has 0 saturated heterocycles. The van der Waals surface area contributed by atoms with Crippen LogP contribution < -0.4 is 16.6 Å². The molecule has 0 radical (unpaired) electrons. The van der Waals surface area contributed by atoms with Gasteiger partial charge in [-0.05, 0) is 40.8 Å². The van der Waals surface area contributed by atoms with Gasteiger partial charge in [0, 0.05) is 9.26 Å². The second-order valence-electron chi connectivity index (χ2n) is 3.07. The molecule has 0 aliphatic heterocycles. The quantitative estimate of drug-likeness (QED) is 0.457. The smallest absolute Gasteiger partial charge is 0.160 e. The molecular formula is C10H10IN5. The lowest BCUT2D eigenvalue weighted by molar-refractivity contribution is 1.16. The zero-order valence-corrected chi connectivity index (χ0v) is 10.5. The van der Waals surface area contributed by atoms with E-state index >= 15 is 0 Å². The topological polar surface area (TPSA) is 75.9 Å². The van der Waals surface area contributed by atoms with E-state index in [9.17, 15) is 0 Å². The van der Waals surface area contributed by atoms with Crippen LogP contribution in [0.25, 0.3) is 0 Å². The number of rotatable bonds is 3. The van der Waals surface area contributed by atoms with Gasteiger partial charge in [-0.2, -0.15) is 0 Å². The van der Waals surface area contributed by atoms with Gasteiger partial charge in [-0.3, -0.25) is 4.98 Å². The molecule has 0 unspecified atom stereocenters. The lowest BCUT2D eigenvalue weighted by Crippen LogP contribution is -2.09. The van der Waals surface area contributed by atoms with Crippen LogP contribution in [0, 0.1) is 3.57 Å². The maximum Gasteiger partial charge on any atom is 0.160 e. The van der Waals surface area contributed by atoms with E-state index in [1.807, 2.05) is 24.3 Å². The Balaban J connectivity index is 2.20. The van der Waals surface area contributed by atoms with Crippen molar-refractivity contribution in [1.82, 2.24) is 9.97 Å².